The first-order valence-electron chi connectivity index (χ1n) is 6.75. The van der Waals surface area contributed by atoms with Gasteiger partial charge in [0.2, 0.25) is 0 Å². The SMILES string of the molecule is Cn1cc(-c2nnnn2C(CC(=O)O)CC(C)(C)C)cn1. The van der Waals surface area contributed by atoms with E-state index in [1.54, 1.807) is 21.8 Å². The van der Waals surface area contributed by atoms with Crippen molar-refractivity contribution < 1.29 is 9.90 Å². The molecule has 0 aliphatic heterocycles. The van der Waals surface area contributed by atoms with Crippen LogP contribution in [0, 0.1) is 5.41 Å². The second kappa shape index (κ2) is 5.63. The number of hydrogen-bond acceptors (Lipinski definition) is 5. The van der Waals surface area contributed by atoms with E-state index < -0.39 is 5.97 Å². The number of hydrogen-bond donors (Lipinski definition) is 1. The highest BCUT2D eigenvalue weighted by Gasteiger charge is 2.26. The Bertz CT molecular complexity index is 625. The van der Waals surface area contributed by atoms with Gasteiger partial charge in [0.05, 0.1) is 24.2 Å². The molecule has 0 aliphatic carbocycles. The highest BCUT2D eigenvalue weighted by atomic mass is 16.4. The molecule has 1 atom stereocenters. The third kappa shape index (κ3) is 3.87. The minimum atomic E-state index is -0.864. The molecule has 0 bridgehead atoms. The molecule has 0 aromatic carbocycles. The largest absolute Gasteiger partial charge is 0.481 e. The molecule has 8 heteroatoms. The monoisotopic (exact) mass is 292 g/mol. The van der Waals surface area contributed by atoms with E-state index in [2.05, 4.69) is 41.4 Å². The third-order valence-corrected chi connectivity index (χ3v) is 3.06. The van der Waals surface area contributed by atoms with Gasteiger partial charge >= 0.3 is 5.97 Å². The lowest BCUT2D eigenvalue weighted by molar-refractivity contribution is -0.138. The van der Waals surface area contributed by atoms with Crippen LogP contribution < -0.4 is 0 Å². The molecule has 1 unspecified atom stereocenters. The summed E-state index contributed by atoms with van der Waals surface area (Å²) in [6.45, 7) is 6.20. The number of aryl methyl sites for hydroxylation is 1. The van der Waals surface area contributed by atoms with Crippen LogP contribution in [0.25, 0.3) is 11.4 Å². The minimum absolute atomic E-state index is 0.0183. The van der Waals surface area contributed by atoms with Crippen molar-refractivity contribution in [1.82, 2.24) is 30.0 Å². The van der Waals surface area contributed by atoms with E-state index in [0.717, 1.165) is 5.56 Å². The van der Waals surface area contributed by atoms with Crippen LogP contribution >= 0.6 is 0 Å². The third-order valence-electron chi connectivity index (χ3n) is 3.06. The average Bonchev–Trinajstić information content (AvgIpc) is 2.93. The summed E-state index contributed by atoms with van der Waals surface area (Å²) in [5.41, 5.74) is 0.741. The predicted molar refractivity (Wildman–Crippen MR) is 75.4 cm³/mol. The molecule has 2 aromatic rings. The van der Waals surface area contributed by atoms with E-state index in [9.17, 15) is 4.79 Å². The Morgan fingerprint density at radius 2 is 2.14 bits per heavy atom. The molecule has 2 aromatic heterocycles. The first-order valence-corrected chi connectivity index (χ1v) is 6.75. The zero-order valence-corrected chi connectivity index (χ0v) is 12.7. The fourth-order valence-corrected chi connectivity index (χ4v) is 2.32. The van der Waals surface area contributed by atoms with Crippen LogP contribution in [-0.4, -0.2) is 41.1 Å². The molecular weight excluding hydrogens is 272 g/mol. The van der Waals surface area contributed by atoms with Gasteiger partial charge in [0.1, 0.15) is 0 Å². The maximum absolute atomic E-state index is 11.1. The van der Waals surface area contributed by atoms with Gasteiger partial charge in [0.25, 0.3) is 0 Å². The topological polar surface area (TPSA) is 98.7 Å². The van der Waals surface area contributed by atoms with Crippen molar-refractivity contribution in [1.29, 1.82) is 0 Å². The molecule has 0 radical (unpaired) electrons. The summed E-state index contributed by atoms with van der Waals surface area (Å²) in [7, 11) is 1.81. The van der Waals surface area contributed by atoms with E-state index in [4.69, 9.17) is 5.11 Å². The van der Waals surface area contributed by atoms with Crippen molar-refractivity contribution in [2.24, 2.45) is 12.5 Å². The van der Waals surface area contributed by atoms with Crippen LogP contribution in [0.3, 0.4) is 0 Å². The van der Waals surface area contributed by atoms with Crippen LogP contribution in [0.15, 0.2) is 12.4 Å². The van der Waals surface area contributed by atoms with Crippen LogP contribution in [-0.2, 0) is 11.8 Å². The first kappa shape index (κ1) is 15.1. The highest BCUT2D eigenvalue weighted by Crippen LogP contribution is 2.31. The van der Waals surface area contributed by atoms with Crippen molar-refractivity contribution >= 4 is 5.97 Å². The zero-order chi connectivity index (χ0) is 15.6. The average molecular weight is 292 g/mol. The molecule has 1 N–H and O–H groups in total. The molecule has 114 valence electrons. The summed E-state index contributed by atoms with van der Waals surface area (Å²) in [5.74, 6) is -0.324. The van der Waals surface area contributed by atoms with Gasteiger partial charge in [-0.05, 0) is 22.3 Å². The summed E-state index contributed by atoms with van der Waals surface area (Å²) >= 11 is 0. The number of carbonyl (C=O) groups is 1. The molecular formula is C13H20N6O2. The van der Waals surface area contributed by atoms with E-state index in [0.29, 0.717) is 12.2 Å². The second-order valence-electron chi connectivity index (χ2n) is 6.37. The Morgan fingerprint density at radius 3 is 2.67 bits per heavy atom. The normalized spacial score (nSPS) is 13.3. The molecule has 2 heterocycles. The van der Waals surface area contributed by atoms with Gasteiger partial charge in [0, 0.05) is 13.2 Å². The molecule has 8 nitrogen and oxygen atoms in total. The number of carboxylic acids is 1. The van der Waals surface area contributed by atoms with Crippen molar-refractivity contribution in [2.75, 3.05) is 0 Å². The molecule has 0 aliphatic rings. The first-order chi connectivity index (χ1) is 9.76. The van der Waals surface area contributed by atoms with Crippen molar-refractivity contribution in [3.8, 4) is 11.4 Å². The number of nitrogens with zero attached hydrogens (tertiary/aromatic N) is 6. The van der Waals surface area contributed by atoms with E-state index >= 15 is 0 Å². The molecule has 0 fully saturated rings. The summed E-state index contributed by atoms with van der Waals surface area (Å²) in [6, 6.07) is -0.298. The van der Waals surface area contributed by atoms with Crippen LogP contribution in [0.2, 0.25) is 0 Å². The quantitative estimate of drug-likeness (QED) is 0.897. The standard InChI is InChI=1S/C13H20N6O2/c1-13(2,3)6-10(5-11(20)21)19-12(15-16-17-19)9-7-14-18(4)8-9/h7-8,10H,5-6H2,1-4H3,(H,20,21). The second-order valence-corrected chi connectivity index (χ2v) is 6.37. The number of aliphatic carboxylic acids is 1. The minimum Gasteiger partial charge on any atom is -0.481 e. The van der Waals surface area contributed by atoms with Crippen LogP contribution in [0.1, 0.15) is 39.7 Å². The van der Waals surface area contributed by atoms with Crippen molar-refractivity contribution in [3.05, 3.63) is 12.4 Å². The van der Waals surface area contributed by atoms with E-state index in [-0.39, 0.29) is 17.9 Å². The Balaban J connectivity index is 2.36. The van der Waals surface area contributed by atoms with Gasteiger partial charge in [0.15, 0.2) is 5.82 Å². The Kier molecular flexibility index (Phi) is 4.06. The van der Waals surface area contributed by atoms with Crippen molar-refractivity contribution in [2.45, 2.75) is 39.7 Å². The van der Waals surface area contributed by atoms with Crippen LogP contribution in [0.4, 0.5) is 0 Å². The fourth-order valence-electron chi connectivity index (χ4n) is 2.32. The molecule has 0 spiro atoms. The van der Waals surface area contributed by atoms with Gasteiger partial charge in [-0.2, -0.15) is 5.10 Å². The molecule has 0 saturated heterocycles. The van der Waals surface area contributed by atoms with Crippen LogP contribution in [0.5, 0.6) is 0 Å². The smallest absolute Gasteiger partial charge is 0.305 e. The Hall–Kier alpha value is -2.25. The molecule has 0 saturated carbocycles. The van der Waals surface area contributed by atoms with Gasteiger partial charge in [-0.25, -0.2) is 4.68 Å². The predicted octanol–water partition coefficient (Wildman–Crippen LogP) is 1.53. The number of rotatable bonds is 5. The maximum Gasteiger partial charge on any atom is 0.305 e. The highest BCUT2D eigenvalue weighted by molar-refractivity contribution is 5.67. The van der Waals surface area contributed by atoms with E-state index in [1.165, 1.54) is 0 Å². The number of tetrazole rings is 1. The van der Waals surface area contributed by atoms with Gasteiger partial charge in [-0.3, -0.25) is 9.48 Å². The summed E-state index contributed by atoms with van der Waals surface area (Å²) in [4.78, 5) is 11.1. The lowest BCUT2D eigenvalue weighted by Gasteiger charge is -2.25. The Morgan fingerprint density at radius 1 is 1.43 bits per heavy atom. The summed E-state index contributed by atoms with van der Waals surface area (Å²) in [5, 5.41) is 25.0. The van der Waals surface area contributed by atoms with E-state index in [1.807, 2.05) is 7.05 Å². The summed E-state index contributed by atoms with van der Waals surface area (Å²) in [6.07, 6.45) is 4.11. The Labute approximate surface area is 122 Å². The molecule has 21 heavy (non-hydrogen) atoms. The molecule has 2 rings (SSSR count). The van der Waals surface area contributed by atoms with Gasteiger partial charge < -0.3 is 5.11 Å². The lowest BCUT2D eigenvalue weighted by atomic mass is 9.87. The molecule has 0 amide bonds. The zero-order valence-electron chi connectivity index (χ0n) is 12.7. The lowest BCUT2D eigenvalue weighted by Crippen LogP contribution is -2.22. The number of carboxylic acid groups (broad SMARTS) is 1. The van der Waals surface area contributed by atoms with Crippen molar-refractivity contribution in [3.63, 3.8) is 0 Å². The van der Waals surface area contributed by atoms with Gasteiger partial charge in [-0.15, -0.1) is 5.10 Å². The summed E-state index contributed by atoms with van der Waals surface area (Å²) < 4.78 is 3.25. The number of aromatic nitrogens is 6. The van der Waals surface area contributed by atoms with Gasteiger partial charge in [-0.1, -0.05) is 20.8 Å². The fraction of sp³-hybridized carbons (Fsp3) is 0.615. The maximum atomic E-state index is 11.1.